The summed E-state index contributed by atoms with van der Waals surface area (Å²) < 4.78 is 5.66. The topological polar surface area (TPSA) is 82.4 Å². The van der Waals surface area contributed by atoms with Crippen molar-refractivity contribution in [1.82, 2.24) is 14.9 Å². The Balaban J connectivity index is 1.81. The number of aliphatic hydroxyl groups excluding tert-OH is 1. The van der Waals surface area contributed by atoms with Crippen LogP contribution in [0, 0.1) is 0 Å². The number of hydrogen-bond donors (Lipinski definition) is 2. The van der Waals surface area contributed by atoms with Gasteiger partial charge >= 0.3 is 0 Å². The Kier molecular flexibility index (Phi) is 3.43. The highest BCUT2D eigenvalue weighted by Crippen LogP contribution is 2.26. The number of hydrogen-bond acceptors (Lipinski definition) is 5. The number of aromatic amines is 1. The van der Waals surface area contributed by atoms with Crippen molar-refractivity contribution < 1.29 is 9.52 Å². The zero-order valence-corrected chi connectivity index (χ0v) is 13.0. The van der Waals surface area contributed by atoms with Gasteiger partial charge in [-0.1, -0.05) is 13.0 Å². The van der Waals surface area contributed by atoms with Gasteiger partial charge in [-0.3, -0.25) is 9.69 Å². The Labute approximate surface area is 132 Å². The van der Waals surface area contributed by atoms with E-state index in [0.717, 1.165) is 24.8 Å². The highest BCUT2D eigenvalue weighted by atomic mass is 16.3. The monoisotopic (exact) mass is 313 g/mol. The summed E-state index contributed by atoms with van der Waals surface area (Å²) in [6, 6.07) is 5.94. The van der Waals surface area contributed by atoms with Gasteiger partial charge < -0.3 is 14.5 Å². The first kappa shape index (κ1) is 14.4. The Hall–Kier alpha value is -2.18. The lowest BCUT2D eigenvalue weighted by Crippen LogP contribution is -2.24. The number of fused-ring (bicyclic) bond motifs is 3. The van der Waals surface area contributed by atoms with E-state index in [9.17, 15) is 9.90 Å². The number of furan rings is 1. The fourth-order valence-electron chi connectivity index (χ4n) is 3.21. The van der Waals surface area contributed by atoms with E-state index in [4.69, 9.17) is 4.42 Å². The molecule has 1 saturated heterocycles. The molecular weight excluding hydrogens is 294 g/mol. The average Bonchev–Trinajstić information content (AvgIpc) is 3.11. The van der Waals surface area contributed by atoms with Crippen LogP contribution < -0.4 is 5.56 Å². The molecule has 1 aliphatic rings. The van der Waals surface area contributed by atoms with Gasteiger partial charge in [-0.15, -0.1) is 0 Å². The van der Waals surface area contributed by atoms with Crippen molar-refractivity contribution in [2.24, 2.45) is 0 Å². The number of β-amino-alcohol motifs (C(OH)–C–C–N with tert-alkyl or cyclic N) is 1. The Morgan fingerprint density at radius 3 is 3.09 bits per heavy atom. The molecule has 0 saturated carbocycles. The van der Waals surface area contributed by atoms with E-state index < -0.39 is 0 Å². The molecule has 1 aliphatic heterocycles. The minimum atomic E-state index is -0.285. The van der Waals surface area contributed by atoms with Crippen LogP contribution in [-0.2, 0) is 13.0 Å². The number of benzene rings is 1. The third-order valence-corrected chi connectivity index (χ3v) is 4.47. The van der Waals surface area contributed by atoms with Crippen molar-refractivity contribution in [3.05, 3.63) is 39.9 Å². The molecule has 6 heteroatoms. The molecule has 6 nitrogen and oxygen atoms in total. The molecule has 4 rings (SSSR count). The number of H-pyrrole nitrogens is 1. The summed E-state index contributed by atoms with van der Waals surface area (Å²) in [5.74, 6) is 0.612. The number of nitrogens with one attached hydrogen (secondary N) is 1. The number of aromatic nitrogens is 2. The summed E-state index contributed by atoms with van der Waals surface area (Å²) >= 11 is 0. The fraction of sp³-hybridized carbons (Fsp3) is 0.412. The minimum Gasteiger partial charge on any atom is -0.449 e. The van der Waals surface area contributed by atoms with Crippen LogP contribution in [0.15, 0.2) is 27.4 Å². The first-order valence-electron chi connectivity index (χ1n) is 7.99. The molecule has 120 valence electrons. The molecule has 1 fully saturated rings. The van der Waals surface area contributed by atoms with Gasteiger partial charge in [0.25, 0.3) is 5.56 Å². The van der Waals surface area contributed by atoms with E-state index in [0.29, 0.717) is 30.0 Å². The standard InChI is InChI=1S/C17H19N3O3/c1-2-10-3-4-13-12(7-10)15-16(23-13)17(22)19-14(18-15)9-20-6-5-11(21)8-20/h3-4,7,11,21H,2,5-6,8-9H2,1H3,(H,18,19,22)/t11-/m0/s1. The molecule has 23 heavy (non-hydrogen) atoms. The van der Waals surface area contributed by atoms with Crippen molar-refractivity contribution in [3.8, 4) is 0 Å². The zero-order valence-electron chi connectivity index (χ0n) is 13.0. The highest BCUT2D eigenvalue weighted by molar-refractivity contribution is 6.02. The van der Waals surface area contributed by atoms with Crippen LogP contribution in [0.1, 0.15) is 24.7 Å². The lowest BCUT2D eigenvalue weighted by Gasteiger charge is -2.13. The molecule has 3 heterocycles. The van der Waals surface area contributed by atoms with E-state index in [2.05, 4.69) is 21.8 Å². The number of rotatable bonds is 3. The summed E-state index contributed by atoms with van der Waals surface area (Å²) in [6.07, 6.45) is 1.40. The Morgan fingerprint density at radius 2 is 2.35 bits per heavy atom. The van der Waals surface area contributed by atoms with Gasteiger partial charge in [0.2, 0.25) is 5.58 Å². The van der Waals surface area contributed by atoms with Crippen molar-refractivity contribution in [2.45, 2.75) is 32.4 Å². The minimum absolute atomic E-state index is 0.251. The van der Waals surface area contributed by atoms with Gasteiger partial charge in [-0.25, -0.2) is 4.98 Å². The van der Waals surface area contributed by atoms with Crippen LogP contribution in [0.25, 0.3) is 22.1 Å². The van der Waals surface area contributed by atoms with Crippen LogP contribution in [0.2, 0.25) is 0 Å². The second kappa shape index (κ2) is 5.47. The SMILES string of the molecule is CCc1ccc2oc3c(=O)[nH]c(CN4CC[C@H](O)C4)nc3c2c1. The Morgan fingerprint density at radius 1 is 1.48 bits per heavy atom. The second-order valence-electron chi connectivity index (χ2n) is 6.15. The van der Waals surface area contributed by atoms with Gasteiger partial charge in [0, 0.05) is 18.5 Å². The maximum atomic E-state index is 12.3. The smallest absolute Gasteiger partial charge is 0.294 e. The molecule has 1 aromatic carbocycles. The molecule has 0 radical (unpaired) electrons. The molecular formula is C17H19N3O3. The van der Waals surface area contributed by atoms with E-state index in [1.807, 2.05) is 18.2 Å². The van der Waals surface area contributed by atoms with E-state index in [1.54, 1.807) is 0 Å². The van der Waals surface area contributed by atoms with E-state index in [1.165, 1.54) is 5.56 Å². The van der Waals surface area contributed by atoms with Gasteiger partial charge in [0.1, 0.15) is 16.9 Å². The molecule has 3 aromatic rings. The summed E-state index contributed by atoms with van der Waals surface area (Å²) in [4.78, 5) is 21.8. The molecule has 0 spiro atoms. The third kappa shape index (κ3) is 2.54. The summed E-state index contributed by atoms with van der Waals surface area (Å²) in [7, 11) is 0. The lowest BCUT2D eigenvalue weighted by molar-refractivity contribution is 0.174. The molecule has 0 aliphatic carbocycles. The third-order valence-electron chi connectivity index (χ3n) is 4.47. The van der Waals surface area contributed by atoms with Gasteiger partial charge in [-0.2, -0.15) is 0 Å². The second-order valence-corrected chi connectivity index (χ2v) is 6.15. The molecule has 0 bridgehead atoms. The number of likely N-dealkylation sites (tertiary alicyclic amines) is 1. The van der Waals surface area contributed by atoms with Gasteiger partial charge in [0.15, 0.2) is 0 Å². The highest BCUT2D eigenvalue weighted by Gasteiger charge is 2.21. The number of aliphatic hydroxyl groups is 1. The maximum Gasteiger partial charge on any atom is 0.294 e. The largest absolute Gasteiger partial charge is 0.449 e. The molecule has 2 aromatic heterocycles. The van der Waals surface area contributed by atoms with Crippen molar-refractivity contribution in [2.75, 3.05) is 13.1 Å². The fourth-order valence-corrected chi connectivity index (χ4v) is 3.21. The summed E-state index contributed by atoms with van der Waals surface area (Å²) in [5.41, 5.74) is 2.52. The van der Waals surface area contributed by atoms with Gasteiger partial charge in [-0.05, 0) is 30.5 Å². The van der Waals surface area contributed by atoms with Crippen LogP contribution in [0.4, 0.5) is 0 Å². The zero-order chi connectivity index (χ0) is 16.0. The lowest BCUT2D eigenvalue weighted by atomic mass is 10.1. The predicted molar refractivity (Wildman–Crippen MR) is 87.4 cm³/mol. The first-order chi connectivity index (χ1) is 11.1. The number of nitrogens with zero attached hydrogens (tertiary/aromatic N) is 2. The van der Waals surface area contributed by atoms with E-state index in [-0.39, 0.29) is 17.2 Å². The average molecular weight is 313 g/mol. The predicted octanol–water partition coefficient (Wildman–Crippen LogP) is 1.80. The maximum absolute atomic E-state index is 12.3. The molecule has 0 unspecified atom stereocenters. The first-order valence-corrected chi connectivity index (χ1v) is 7.99. The molecule has 0 amide bonds. The summed E-state index contributed by atoms with van der Waals surface area (Å²) in [5, 5.41) is 10.5. The normalized spacial score (nSPS) is 19.1. The van der Waals surface area contributed by atoms with Crippen LogP contribution in [0.3, 0.4) is 0 Å². The van der Waals surface area contributed by atoms with Crippen LogP contribution in [-0.4, -0.2) is 39.2 Å². The van der Waals surface area contributed by atoms with Crippen molar-refractivity contribution in [3.63, 3.8) is 0 Å². The molecule has 1 atom stereocenters. The summed E-state index contributed by atoms with van der Waals surface area (Å²) in [6.45, 7) is 4.05. The quantitative estimate of drug-likeness (QED) is 0.770. The van der Waals surface area contributed by atoms with E-state index >= 15 is 0 Å². The number of aryl methyl sites for hydroxylation is 1. The van der Waals surface area contributed by atoms with Crippen LogP contribution >= 0.6 is 0 Å². The van der Waals surface area contributed by atoms with Crippen LogP contribution in [0.5, 0.6) is 0 Å². The van der Waals surface area contributed by atoms with Crippen molar-refractivity contribution >= 4 is 22.1 Å². The molecule has 2 N–H and O–H groups in total. The van der Waals surface area contributed by atoms with Crippen molar-refractivity contribution in [1.29, 1.82) is 0 Å². The Bertz CT molecular complexity index is 928. The van der Waals surface area contributed by atoms with Gasteiger partial charge in [0.05, 0.1) is 12.6 Å².